The van der Waals surface area contributed by atoms with Crippen LogP contribution < -0.4 is 14.8 Å². The fourth-order valence-corrected chi connectivity index (χ4v) is 4.62. The number of imide groups is 1. The molecule has 0 saturated carbocycles. The summed E-state index contributed by atoms with van der Waals surface area (Å²) in [6.45, 7) is -0.144. The van der Waals surface area contributed by atoms with Gasteiger partial charge >= 0.3 is 0 Å². The quantitative estimate of drug-likeness (QED) is 0.338. The summed E-state index contributed by atoms with van der Waals surface area (Å²) in [6.07, 6.45) is 1.56. The van der Waals surface area contributed by atoms with E-state index in [1.165, 1.54) is 12.0 Å². The lowest BCUT2D eigenvalue weighted by Crippen LogP contribution is -2.27. The summed E-state index contributed by atoms with van der Waals surface area (Å²) in [7, 11) is 1.44. The minimum absolute atomic E-state index is 0.140. The second kappa shape index (κ2) is 11.5. The van der Waals surface area contributed by atoms with Crippen LogP contribution in [0.25, 0.3) is 6.08 Å². The first-order valence-corrected chi connectivity index (χ1v) is 12.3. The minimum Gasteiger partial charge on any atom is -0.493 e. The number of hydrogen-bond acceptors (Lipinski definition) is 6. The molecule has 1 saturated heterocycles. The minimum atomic E-state index is -0.409. The average Bonchev–Trinajstić information content (AvgIpc) is 3.12. The highest BCUT2D eigenvalue weighted by Crippen LogP contribution is 2.39. The number of nitrogens with one attached hydrogen (secondary N) is 1. The van der Waals surface area contributed by atoms with Gasteiger partial charge in [-0.25, -0.2) is 0 Å². The highest BCUT2D eigenvalue weighted by Gasteiger charge is 2.35. The Kier molecular flexibility index (Phi) is 8.20. The Morgan fingerprint density at radius 2 is 1.78 bits per heavy atom. The summed E-state index contributed by atoms with van der Waals surface area (Å²) >= 11 is 13.2. The highest BCUT2D eigenvalue weighted by molar-refractivity contribution is 8.18. The zero-order valence-corrected chi connectivity index (χ0v) is 21.3. The van der Waals surface area contributed by atoms with Crippen LogP contribution in [-0.2, 0) is 16.1 Å². The molecule has 3 aromatic rings. The number of carbonyl (C=O) groups is 3. The maximum absolute atomic E-state index is 12.9. The molecule has 36 heavy (non-hydrogen) atoms. The van der Waals surface area contributed by atoms with Gasteiger partial charge in [-0.2, -0.15) is 0 Å². The van der Waals surface area contributed by atoms with Crippen LogP contribution in [0.1, 0.15) is 11.1 Å². The van der Waals surface area contributed by atoms with Crippen molar-refractivity contribution in [1.82, 2.24) is 4.90 Å². The molecule has 1 fully saturated rings. The summed E-state index contributed by atoms with van der Waals surface area (Å²) in [5, 5.41) is 3.11. The van der Waals surface area contributed by atoms with Crippen molar-refractivity contribution in [2.45, 2.75) is 6.54 Å². The van der Waals surface area contributed by atoms with Crippen molar-refractivity contribution < 1.29 is 23.9 Å². The fourth-order valence-electron chi connectivity index (χ4n) is 3.38. The lowest BCUT2D eigenvalue weighted by Gasteiger charge is -2.14. The Hall–Kier alpha value is -3.46. The molecule has 0 unspecified atom stereocenters. The molecule has 3 amide bonds. The van der Waals surface area contributed by atoms with E-state index < -0.39 is 5.91 Å². The smallest absolute Gasteiger partial charge is 0.293 e. The van der Waals surface area contributed by atoms with Crippen molar-refractivity contribution in [2.75, 3.05) is 19.0 Å². The number of amides is 3. The van der Waals surface area contributed by atoms with Gasteiger partial charge in [-0.1, -0.05) is 53.5 Å². The largest absolute Gasteiger partial charge is 0.493 e. The molecule has 0 bridgehead atoms. The number of nitrogens with zero attached hydrogens (tertiary/aromatic N) is 1. The predicted octanol–water partition coefficient (Wildman–Crippen LogP) is 6.26. The third-order valence-electron chi connectivity index (χ3n) is 5.08. The van der Waals surface area contributed by atoms with Gasteiger partial charge in [0.15, 0.2) is 18.1 Å². The number of halogens is 2. The number of carbonyl (C=O) groups excluding carboxylic acids is 3. The molecule has 3 aromatic carbocycles. The van der Waals surface area contributed by atoms with E-state index in [2.05, 4.69) is 5.32 Å². The van der Waals surface area contributed by atoms with Gasteiger partial charge < -0.3 is 14.8 Å². The first-order chi connectivity index (χ1) is 17.3. The number of ether oxygens (including phenoxy) is 2. The molecule has 0 radical (unpaired) electrons. The van der Waals surface area contributed by atoms with Crippen molar-refractivity contribution in [3.05, 3.63) is 92.8 Å². The molecule has 0 atom stereocenters. The van der Waals surface area contributed by atoms with Gasteiger partial charge in [-0.15, -0.1) is 0 Å². The highest BCUT2D eigenvalue weighted by atomic mass is 35.5. The van der Waals surface area contributed by atoms with Crippen LogP contribution in [0.2, 0.25) is 10.0 Å². The fraction of sp³-hybridized carbons (Fsp3) is 0.115. The number of benzene rings is 3. The first-order valence-electron chi connectivity index (χ1n) is 10.7. The maximum atomic E-state index is 12.9. The Balaban J connectivity index is 1.46. The van der Waals surface area contributed by atoms with Gasteiger partial charge in [0.05, 0.1) is 23.6 Å². The van der Waals surface area contributed by atoms with Crippen LogP contribution in [-0.4, -0.2) is 35.7 Å². The van der Waals surface area contributed by atoms with Gasteiger partial charge in [0.25, 0.3) is 17.1 Å². The Morgan fingerprint density at radius 1 is 1.06 bits per heavy atom. The average molecular weight is 543 g/mol. The van der Waals surface area contributed by atoms with E-state index in [-0.39, 0.29) is 45.7 Å². The van der Waals surface area contributed by atoms with Gasteiger partial charge in [0.1, 0.15) is 0 Å². The van der Waals surface area contributed by atoms with E-state index >= 15 is 0 Å². The molecule has 0 spiro atoms. The summed E-state index contributed by atoms with van der Waals surface area (Å²) in [4.78, 5) is 39.0. The van der Waals surface area contributed by atoms with Crippen LogP contribution in [0.5, 0.6) is 11.5 Å². The molecule has 1 aliphatic rings. The van der Waals surface area contributed by atoms with E-state index in [1.807, 2.05) is 6.07 Å². The molecule has 0 aromatic heterocycles. The normalized spacial score (nSPS) is 14.3. The van der Waals surface area contributed by atoms with E-state index in [0.717, 1.165) is 17.3 Å². The van der Waals surface area contributed by atoms with Gasteiger partial charge in [0.2, 0.25) is 0 Å². The summed E-state index contributed by atoms with van der Waals surface area (Å²) in [5.41, 5.74) is 1.96. The van der Waals surface area contributed by atoms with Crippen LogP contribution in [0.4, 0.5) is 10.5 Å². The number of methoxy groups -OCH3 is 1. The van der Waals surface area contributed by atoms with Gasteiger partial charge in [0, 0.05) is 10.7 Å². The predicted molar refractivity (Wildman–Crippen MR) is 142 cm³/mol. The number of hydrogen-bond donors (Lipinski definition) is 1. The zero-order valence-electron chi connectivity index (χ0n) is 19.0. The summed E-state index contributed by atoms with van der Waals surface area (Å²) in [5.74, 6) is -0.303. The monoisotopic (exact) mass is 542 g/mol. The van der Waals surface area contributed by atoms with E-state index in [0.29, 0.717) is 16.3 Å². The third kappa shape index (κ3) is 6.20. The molecule has 0 aliphatic carbocycles. The number of thioether (sulfide) groups is 1. The zero-order chi connectivity index (χ0) is 25.7. The van der Waals surface area contributed by atoms with Crippen molar-refractivity contribution in [2.24, 2.45) is 0 Å². The van der Waals surface area contributed by atoms with Crippen LogP contribution in [0.3, 0.4) is 0 Å². The van der Waals surface area contributed by atoms with Gasteiger partial charge in [-0.05, 0) is 65.4 Å². The lowest BCUT2D eigenvalue weighted by molar-refractivity contribution is -0.123. The molecule has 10 heteroatoms. The molecule has 184 valence electrons. The molecular formula is C26H20Cl2N2O5S. The van der Waals surface area contributed by atoms with Crippen molar-refractivity contribution in [3.63, 3.8) is 0 Å². The standard InChI is InChI=1S/C26H20Cl2N2O5S/c1-34-21-12-17(11-20(28)24(21)35-15-23(31)29-19-5-3-2-4-6-19)13-22-25(32)30(26(33)36-22)14-16-7-9-18(27)10-8-16/h2-13H,14-15H2,1H3,(H,29,31)/b22-13-. The van der Waals surface area contributed by atoms with Crippen molar-refractivity contribution >= 4 is 63.8 Å². The summed E-state index contributed by atoms with van der Waals surface area (Å²) < 4.78 is 11.0. The first kappa shape index (κ1) is 25.6. The molecule has 1 N–H and O–H groups in total. The number of anilines is 1. The third-order valence-corrected chi connectivity index (χ3v) is 6.52. The summed E-state index contributed by atoms with van der Waals surface area (Å²) in [6, 6.07) is 19.1. The second-order valence-electron chi connectivity index (χ2n) is 7.63. The molecule has 7 nitrogen and oxygen atoms in total. The molecule has 1 heterocycles. The van der Waals surface area contributed by atoms with Crippen LogP contribution in [0.15, 0.2) is 71.6 Å². The van der Waals surface area contributed by atoms with Crippen LogP contribution >= 0.6 is 35.0 Å². The van der Waals surface area contributed by atoms with Crippen LogP contribution in [0, 0.1) is 0 Å². The Labute approximate surface area is 222 Å². The molecular weight excluding hydrogens is 523 g/mol. The van der Waals surface area contributed by atoms with E-state index in [9.17, 15) is 14.4 Å². The topological polar surface area (TPSA) is 84.9 Å². The molecule has 1 aliphatic heterocycles. The molecule has 4 rings (SSSR count). The van der Waals surface area contributed by atoms with E-state index in [1.54, 1.807) is 66.7 Å². The van der Waals surface area contributed by atoms with Crippen molar-refractivity contribution in [3.8, 4) is 11.5 Å². The number of para-hydroxylation sites is 1. The lowest BCUT2D eigenvalue weighted by atomic mass is 10.1. The Morgan fingerprint density at radius 3 is 2.47 bits per heavy atom. The second-order valence-corrected chi connectivity index (χ2v) is 9.47. The van der Waals surface area contributed by atoms with E-state index in [4.69, 9.17) is 32.7 Å². The van der Waals surface area contributed by atoms with Crippen molar-refractivity contribution in [1.29, 1.82) is 0 Å². The Bertz CT molecular complexity index is 1330. The van der Waals surface area contributed by atoms with Gasteiger partial charge in [-0.3, -0.25) is 19.3 Å². The maximum Gasteiger partial charge on any atom is 0.293 e. The number of rotatable bonds is 8. The SMILES string of the molecule is COc1cc(/C=C2\SC(=O)N(Cc3ccc(Cl)cc3)C2=O)cc(Cl)c1OCC(=O)Nc1ccccc1.